The summed E-state index contributed by atoms with van der Waals surface area (Å²) in [5.74, 6) is 1.09. The topological polar surface area (TPSA) is 84.4 Å². The minimum atomic E-state index is -0.817. The molecule has 190 valence electrons. The quantitative estimate of drug-likeness (QED) is 0.569. The van der Waals surface area contributed by atoms with Crippen molar-refractivity contribution >= 4 is 28.9 Å². The van der Waals surface area contributed by atoms with Crippen LogP contribution < -0.4 is 19.3 Å². The fourth-order valence-corrected chi connectivity index (χ4v) is 5.59. The average Bonchev–Trinajstić information content (AvgIpc) is 3.15. The monoisotopic (exact) mass is 503 g/mol. The van der Waals surface area contributed by atoms with Crippen molar-refractivity contribution in [2.24, 2.45) is 11.8 Å². The molecule has 2 aliphatic rings. The number of halogens is 1. The number of nitrogens with zero attached hydrogens (tertiary/aromatic N) is 3. The second-order valence-electron chi connectivity index (χ2n) is 9.54. The van der Waals surface area contributed by atoms with Gasteiger partial charge in [0.1, 0.15) is 11.9 Å². The Bertz CT molecular complexity index is 1020. The molecule has 9 heteroatoms. The molecular formula is C26H34ClN3O5. The summed E-state index contributed by atoms with van der Waals surface area (Å²) in [4.78, 5) is 20.0. The summed E-state index contributed by atoms with van der Waals surface area (Å²) in [5.41, 5.74) is 1.91. The van der Waals surface area contributed by atoms with E-state index in [-0.39, 0.29) is 30.6 Å². The van der Waals surface area contributed by atoms with Crippen LogP contribution in [-0.2, 0) is 9.53 Å². The molecular weight excluding hydrogens is 470 g/mol. The lowest BCUT2D eigenvalue weighted by Gasteiger charge is -2.38. The first-order valence-corrected chi connectivity index (χ1v) is 12.4. The van der Waals surface area contributed by atoms with Crippen LogP contribution in [0.1, 0.15) is 26.7 Å². The van der Waals surface area contributed by atoms with E-state index < -0.39 is 5.97 Å². The SMILES string of the molecule is COc1cc(N2CCC(Oc3ccc(N4C[C@@H](C)[C@H](OC)[C@@H]4CC(=O)O)cc3)C(C)C2)c(Cl)cn1. The first kappa shape index (κ1) is 25.4. The number of rotatable bonds is 8. The van der Waals surface area contributed by atoms with Gasteiger partial charge in [-0.1, -0.05) is 25.4 Å². The van der Waals surface area contributed by atoms with Crippen molar-refractivity contribution in [3.63, 3.8) is 0 Å². The van der Waals surface area contributed by atoms with E-state index in [0.717, 1.165) is 43.2 Å². The van der Waals surface area contributed by atoms with Gasteiger partial charge in [-0.3, -0.25) is 4.79 Å². The van der Waals surface area contributed by atoms with Crippen LogP contribution in [0.25, 0.3) is 0 Å². The number of hydrogen-bond acceptors (Lipinski definition) is 7. The van der Waals surface area contributed by atoms with Gasteiger partial charge in [-0.2, -0.15) is 0 Å². The van der Waals surface area contributed by atoms with Gasteiger partial charge in [-0.05, 0) is 24.3 Å². The van der Waals surface area contributed by atoms with Crippen molar-refractivity contribution in [2.45, 2.75) is 44.9 Å². The number of pyridine rings is 1. The minimum absolute atomic E-state index is 0.0462. The van der Waals surface area contributed by atoms with Gasteiger partial charge in [0, 0.05) is 56.8 Å². The maximum Gasteiger partial charge on any atom is 0.305 e. The third-order valence-corrected chi connectivity index (χ3v) is 7.41. The molecule has 0 saturated carbocycles. The van der Waals surface area contributed by atoms with Crippen molar-refractivity contribution < 1.29 is 24.1 Å². The zero-order valence-electron chi connectivity index (χ0n) is 20.7. The van der Waals surface area contributed by atoms with Crippen molar-refractivity contribution in [1.29, 1.82) is 0 Å². The van der Waals surface area contributed by atoms with Gasteiger partial charge in [-0.15, -0.1) is 0 Å². The summed E-state index contributed by atoms with van der Waals surface area (Å²) in [6.07, 6.45) is 2.52. The van der Waals surface area contributed by atoms with Crippen LogP contribution in [0.3, 0.4) is 0 Å². The van der Waals surface area contributed by atoms with E-state index in [1.54, 1.807) is 20.4 Å². The predicted molar refractivity (Wildman–Crippen MR) is 136 cm³/mol. The van der Waals surface area contributed by atoms with Gasteiger partial charge in [0.15, 0.2) is 0 Å². The highest BCUT2D eigenvalue weighted by atomic mass is 35.5. The number of aliphatic carboxylic acids is 1. The van der Waals surface area contributed by atoms with Gasteiger partial charge in [0.05, 0.1) is 42.6 Å². The molecule has 4 rings (SSSR count). The van der Waals surface area contributed by atoms with E-state index in [4.69, 9.17) is 25.8 Å². The van der Waals surface area contributed by atoms with Crippen LogP contribution in [0.15, 0.2) is 36.5 Å². The highest BCUT2D eigenvalue weighted by Crippen LogP contribution is 2.35. The third-order valence-electron chi connectivity index (χ3n) is 7.12. The first-order chi connectivity index (χ1) is 16.8. The number of aromatic nitrogens is 1. The lowest BCUT2D eigenvalue weighted by Crippen LogP contribution is -2.44. The maximum atomic E-state index is 11.4. The van der Waals surface area contributed by atoms with Crippen LogP contribution >= 0.6 is 11.6 Å². The summed E-state index contributed by atoms with van der Waals surface area (Å²) in [6, 6.07) is 9.65. The molecule has 1 aromatic carbocycles. The fourth-order valence-electron chi connectivity index (χ4n) is 5.37. The lowest BCUT2D eigenvalue weighted by atomic mass is 9.96. The molecule has 0 amide bonds. The first-order valence-electron chi connectivity index (χ1n) is 12.0. The lowest BCUT2D eigenvalue weighted by molar-refractivity contribution is -0.138. The van der Waals surface area contributed by atoms with E-state index in [2.05, 4.69) is 28.6 Å². The zero-order chi connectivity index (χ0) is 25.1. The second kappa shape index (κ2) is 10.9. The molecule has 2 fully saturated rings. The van der Waals surface area contributed by atoms with Crippen molar-refractivity contribution in [3.05, 3.63) is 41.6 Å². The normalized spacial score (nSPS) is 26.6. The van der Waals surface area contributed by atoms with Crippen LogP contribution in [0.2, 0.25) is 5.02 Å². The van der Waals surface area contributed by atoms with Crippen LogP contribution in [0.4, 0.5) is 11.4 Å². The van der Waals surface area contributed by atoms with Gasteiger partial charge >= 0.3 is 5.97 Å². The predicted octanol–water partition coefficient (Wildman–Crippen LogP) is 4.35. The van der Waals surface area contributed by atoms with Gasteiger partial charge in [-0.25, -0.2) is 4.98 Å². The Kier molecular flexibility index (Phi) is 7.91. The maximum absolute atomic E-state index is 11.4. The Morgan fingerprint density at radius 2 is 1.91 bits per heavy atom. The van der Waals surface area contributed by atoms with Crippen LogP contribution in [0.5, 0.6) is 11.6 Å². The van der Waals surface area contributed by atoms with Gasteiger partial charge < -0.3 is 29.1 Å². The number of benzene rings is 1. The molecule has 0 radical (unpaired) electrons. The Balaban J connectivity index is 1.40. The standard InChI is InChI=1S/C26H34ClN3O5/c1-16-14-29(21-11-24(33-3)28-13-20(21)27)10-9-23(16)35-19-7-5-18(6-8-19)30-15-17(2)26(34-4)22(30)12-25(31)32/h5-8,11,13,16-17,22-23,26H,9-10,12,14-15H2,1-4H3,(H,31,32)/t16?,17-,22+,23?,26+/m1/s1. The summed E-state index contributed by atoms with van der Waals surface area (Å²) in [5, 5.41) is 10.0. The number of carbonyl (C=O) groups is 1. The van der Waals surface area contributed by atoms with Crippen molar-refractivity contribution in [3.8, 4) is 11.6 Å². The number of methoxy groups -OCH3 is 2. The molecule has 8 nitrogen and oxygen atoms in total. The Labute approximate surface area is 211 Å². The fraction of sp³-hybridized carbons (Fsp3) is 0.538. The number of carboxylic acid groups (broad SMARTS) is 1. The Morgan fingerprint density at radius 3 is 2.54 bits per heavy atom. The largest absolute Gasteiger partial charge is 0.490 e. The zero-order valence-corrected chi connectivity index (χ0v) is 21.4. The van der Waals surface area contributed by atoms with E-state index in [1.165, 1.54) is 0 Å². The average molecular weight is 504 g/mol. The molecule has 5 atom stereocenters. The Morgan fingerprint density at radius 1 is 1.17 bits per heavy atom. The molecule has 2 saturated heterocycles. The number of piperidine rings is 1. The summed E-state index contributed by atoms with van der Waals surface area (Å²) in [6.45, 7) is 6.68. The summed E-state index contributed by atoms with van der Waals surface area (Å²) < 4.78 is 17.3. The highest BCUT2D eigenvalue weighted by Gasteiger charge is 2.41. The summed E-state index contributed by atoms with van der Waals surface area (Å²) in [7, 11) is 3.25. The van der Waals surface area contributed by atoms with E-state index in [0.29, 0.717) is 16.8 Å². The molecule has 2 aliphatic heterocycles. The van der Waals surface area contributed by atoms with Crippen molar-refractivity contribution in [1.82, 2.24) is 4.98 Å². The van der Waals surface area contributed by atoms with Gasteiger partial charge in [0.2, 0.25) is 5.88 Å². The molecule has 0 aliphatic carbocycles. The number of hydrogen-bond donors (Lipinski definition) is 1. The number of ether oxygens (including phenoxy) is 3. The molecule has 0 bridgehead atoms. The van der Waals surface area contributed by atoms with Crippen LogP contribution in [-0.4, -0.2) is 68.2 Å². The second-order valence-corrected chi connectivity index (χ2v) is 9.94. The van der Waals surface area contributed by atoms with E-state index >= 15 is 0 Å². The van der Waals surface area contributed by atoms with E-state index in [9.17, 15) is 9.90 Å². The Hall–Kier alpha value is -2.71. The van der Waals surface area contributed by atoms with Gasteiger partial charge in [0.25, 0.3) is 0 Å². The molecule has 3 heterocycles. The third kappa shape index (κ3) is 5.59. The molecule has 2 unspecified atom stereocenters. The smallest absolute Gasteiger partial charge is 0.305 e. The number of anilines is 2. The highest BCUT2D eigenvalue weighted by molar-refractivity contribution is 6.33. The minimum Gasteiger partial charge on any atom is -0.490 e. The molecule has 35 heavy (non-hydrogen) atoms. The van der Waals surface area contributed by atoms with Crippen molar-refractivity contribution in [2.75, 3.05) is 43.7 Å². The summed E-state index contributed by atoms with van der Waals surface area (Å²) >= 11 is 6.40. The molecule has 2 aromatic rings. The molecule has 1 N–H and O–H groups in total. The van der Waals surface area contributed by atoms with E-state index in [1.807, 2.05) is 30.3 Å². The molecule has 1 aromatic heterocycles. The number of carboxylic acids is 1. The van der Waals surface area contributed by atoms with Crippen LogP contribution in [0, 0.1) is 11.8 Å². The molecule has 0 spiro atoms.